The molecule has 24 unspecified atom stereocenters. The molecule has 56 heavy (non-hydrogen) atoms. The van der Waals surface area contributed by atoms with Crippen LogP contribution in [0.4, 0.5) is 0 Å². The molecule has 5 rings (SSSR count). The van der Waals surface area contributed by atoms with E-state index in [4.69, 9.17) is 42.6 Å². The summed E-state index contributed by atoms with van der Waals surface area (Å²) >= 11 is 0. The van der Waals surface area contributed by atoms with E-state index in [9.17, 15) is 86.8 Å². The van der Waals surface area contributed by atoms with Gasteiger partial charge in [0, 0.05) is 0 Å². The second-order valence-electron chi connectivity index (χ2n) is 14.0. The molecule has 5 heterocycles. The van der Waals surface area contributed by atoms with Crippen molar-refractivity contribution in [2.24, 2.45) is 0 Å². The highest BCUT2D eigenvalue weighted by Crippen LogP contribution is 2.38. The van der Waals surface area contributed by atoms with Gasteiger partial charge in [0.2, 0.25) is 5.79 Å². The molecule has 26 nitrogen and oxygen atoms in total. The smallest absolute Gasteiger partial charge is 0.224 e. The van der Waals surface area contributed by atoms with E-state index in [1.54, 1.807) is 0 Å². The standard InChI is InChI=1S/C30H52O26/c31-1-7-12(36)15(39)19(43)26(49-7)48-5-11-13(37)16(40)20(44)27(52-11)53-23-9(3-33)50-28(21(45)17(23)41)54-24-10(4-34)51-29(22(46)18(24)42)56-30(6-35)25(47)14(38)8(2-32)55-30/h7-29,31-47H,1-6H2. The van der Waals surface area contributed by atoms with Crippen molar-refractivity contribution in [3.63, 3.8) is 0 Å². The summed E-state index contributed by atoms with van der Waals surface area (Å²) in [5.74, 6) is -2.47. The van der Waals surface area contributed by atoms with Crippen LogP contribution in [0.25, 0.3) is 0 Å². The quantitative estimate of drug-likeness (QED) is 0.0773. The Kier molecular flexibility index (Phi) is 15.7. The van der Waals surface area contributed by atoms with Gasteiger partial charge in [-0.25, -0.2) is 0 Å². The van der Waals surface area contributed by atoms with Crippen LogP contribution in [0.2, 0.25) is 0 Å². The monoisotopic (exact) mass is 828 g/mol. The van der Waals surface area contributed by atoms with Gasteiger partial charge < -0.3 is 129 Å². The summed E-state index contributed by atoms with van der Waals surface area (Å²) < 4.78 is 49.1. The van der Waals surface area contributed by atoms with Crippen LogP contribution < -0.4 is 0 Å². The van der Waals surface area contributed by atoms with Crippen LogP contribution in [0.15, 0.2) is 0 Å². The van der Waals surface area contributed by atoms with Gasteiger partial charge in [-0.1, -0.05) is 0 Å². The minimum Gasteiger partial charge on any atom is -0.394 e. The molecule has 5 fully saturated rings. The summed E-state index contributed by atoms with van der Waals surface area (Å²) in [5, 5.41) is 175. The largest absolute Gasteiger partial charge is 0.394 e. The predicted octanol–water partition coefficient (Wildman–Crippen LogP) is -11.9. The Morgan fingerprint density at radius 2 is 0.804 bits per heavy atom. The van der Waals surface area contributed by atoms with Gasteiger partial charge in [0.05, 0.1) is 33.0 Å². The molecular formula is C30H52O26. The molecule has 5 aliphatic rings. The molecular weight excluding hydrogens is 776 g/mol. The van der Waals surface area contributed by atoms with Crippen molar-refractivity contribution in [2.75, 3.05) is 39.6 Å². The maximum atomic E-state index is 11.1. The normalized spacial score (nSPS) is 53.0. The molecule has 0 saturated carbocycles. The fourth-order valence-corrected chi connectivity index (χ4v) is 6.99. The van der Waals surface area contributed by atoms with Gasteiger partial charge in [-0.3, -0.25) is 0 Å². The highest BCUT2D eigenvalue weighted by atomic mass is 16.8. The Balaban J connectivity index is 1.22. The Bertz CT molecular complexity index is 1220. The van der Waals surface area contributed by atoms with E-state index in [2.05, 4.69) is 0 Å². The second-order valence-corrected chi connectivity index (χ2v) is 14.0. The highest BCUT2D eigenvalue weighted by Gasteiger charge is 2.59. The zero-order valence-electron chi connectivity index (χ0n) is 29.3. The molecule has 0 aliphatic carbocycles. The van der Waals surface area contributed by atoms with E-state index in [0.29, 0.717) is 0 Å². The summed E-state index contributed by atoms with van der Waals surface area (Å²) in [6, 6.07) is 0. The predicted molar refractivity (Wildman–Crippen MR) is 167 cm³/mol. The first kappa shape index (κ1) is 46.0. The second kappa shape index (κ2) is 19.1. The van der Waals surface area contributed by atoms with E-state index in [-0.39, 0.29) is 0 Å². The summed E-state index contributed by atoms with van der Waals surface area (Å²) in [7, 11) is 0. The number of hydrogen-bond acceptors (Lipinski definition) is 26. The zero-order valence-corrected chi connectivity index (χ0v) is 29.3. The van der Waals surface area contributed by atoms with Crippen LogP contribution in [-0.4, -0.2) is 273 Å². The fraction of sp³-hybridized carbons (Fsp3) is 1.00. The summed E-state index contributed by atoms with van der Waals surface area (Å²) in [6.45, 7) is -5.41. The molecule has 0 spiro atoms. The average Bonchev–Trinajstić information content (AvgIpc) is 3.44. The molecule has 0 aromatic heterocycles. The van der Waals surface area contributed by atoms with Gasteiger partial charge in [-0.2, -0.15) is 0 Å². The lowest BCUT2D eigenvalue weighted by atomic mass is 9.96. The number of rotatable bonds is 14. The van der Waals surface area contributed by atoms with Crippen LogP contribution in [0, 0.1) is 0 Å². The van der Waals surface area contributed by atoms with Gasteiger partial charge >= 0.3 is 0 Å². The van der Waals surface area contributed by atoms with Crippen LogP contribution in [0.5, 0.6) is 0 Å². The van der Waals surface area contributed by atoms with E-state index in [1.165, 1.54) is 0 Å². The third-order valence-electron chi connectivity index (χ3n) is 10.4. The van der Waals surface area contributed by atoms with E-state index in [0.717, 1.165) is 0 Å². The lowest BCUT2D eigenvalue weighted by Gasteiger charge is -2.48. The Labute approximate surface area is 316 Å². The first-order chi connectivity index (χ1) is 26.5. The molecule has 5 aliphatic heterocycles. The van der Waals surface area contributed by atoms with Crippen molar-refractivity contribution in [1.29, 1.82) is 0 Å². The zero-order chi connectivity index (χ0) is 41.4. The highest BCUT2D eigenvalue weighted by molar-refractivity contribution is 5.00. The lowest BCUT2D eigenvalue weighted by molar-refractivity contribution is -0.403. The summed E-state index contributed by atoms with van der Waals surface area (Å²) in [4.78, 5) is 0. The number of ether oxygens (including phenoxy) is 9. The van der Waals surface area contributed by atoms with Crippen LogP contribution in [-0.2, 0) is 42.6 Å². The van der Waals surface area contributed by atoms with Crippen LogP contribution in [0.1, 0.15) is 0 Å². The van der Waals surface area contributed by atoms with Crippen molar-refractivity contribution in [3.05, 3.63) is 0 Å². The molecule has 0 radical (unpaired) electrons. The van der Waals surface area contributed by atoms with Crippen LogP contribution in [0.3, 0.4) is 0 Å². The third kappa shape index (κ3) is 8.87. The molecule has 17 N–H and O–H groups in total. The van der Waals surface area contributed by atoms with Gasteiger partial charge in [0.1, 0.15) is 123 Å². The third-order valence-corrected chi connectivity index (χ3v) is 10.4. The fourth-order valence-electron chi connectivity index (χ4n) is 6.99. The SMILES string of the molecule is OCC1OC(OCC2OC(OC3C(CO)OC(OC4C(CO)OC(OC5(CO)OC(CO)C(O)C5O)C(O)C4O)C(O)C3O)C(O)C(O)C2O)C(O)C(O)C1O. The van der Waals surface area contributed by atoms with E-state index >= 15 is 0 Å². The van der Waals surface area contributed by atoms with Gasteiger partial charge in [0.15, 0.2) is 25.2 Å². The van der Waals surface area contributed by atoms with Crippen molar-refractivity contribution >= 4 is 0 Å². The molecule has 0 bridgehead atoms. The number of aliphatic hydroxyl groups is 17. The first-order valence-electron chi connectivity index (χ1n) is 17.6. The van der Waals surface area contributed by atoms with Crippen molar-refractivity contribution in [1.82, 2.24) is 0 Å². The molecule has 0 aromatic carbocycles. The van der Waals surface area contributed by atoms with Gasteiger partial charge in [-0.15, -0.1) is 0 Å². The maximum absolute atomic E-state index is 11.1. The Morgan fingerprint density at radius 1 is 0.393 bits per heavy atom. The van der Waals surface area contributed by atoms with E-state index < -0.39 is 187 Å². The first-order valence-corrected chi connectivity index (χ1v) is 17.6. The molecule has 0 amide bonds. The molecule has 24 atom stereocenters. The molecule has 5 saturated heterocycles. The minimum atomic E-state index is -2.47. The average molecular weight is 829 g/mol. The topological polar surface area (TPSA) is 427 Å². The number of hydrogen-bond donors (Lipinski definition) is 17. The van der Waals surface area contributed by atoms with Crippen molar-refractivity contribution in [3.8, 4) is 0 Å². The van der Waals surface area contributed by atoms with Gasteiger partial charge in [0.25, 0.3) is 0 Å². The van der Waals surface area contributed by atoms with Crippen LogP contribution >= 0.6 is 0 Å². The Morgan fingerprint density at radius 3 is 1.29 bits per heavy atom. The van der Waals surface area contributed by atoms with Crippen molar-refractivity contribution in [2.45, 2.75) is 147 Å². The molecule has 26 heteroatoms. The Hall–Kier alpha value is -1.04. The molecule has 0 aromatic rings. The lowest BCUT2D eigenvalue weighted by Crippen LogP contribution is -2.67. The van der Waals surface area contributed by atoms with Gasteiger partial charge in [-0.05, 0) is 0 Å². The maximum Gasteiger partial charge on any atom is 0.224 e. The van der Waals surface area contributed by atoms with E-state index in [1.807, 2.05) is 0 Å². The number of aliphatic hydroxyl groups excluding tert-OH is 17. The summed E-state index contributed by atoms with van der Waals surface area (Å²) in [6.07, 6.45) is -42.2. The summed E-state index contributed by atoms with van der Waals surface area (Å²) in [5.41, 5.74) is 0. The minimum absolute atomic E-state index is 0.728. The van der Waals surface area contributed by atoms with Crippen molar-refractivity contribution < 1.29 is 129 Å². The molecule has 328 valence electrons.